The van der Waals surface area contributed by atoms with E-state index < -0.39 is 16.1 Å². The molecule has 29 heavy (non-hydrogen) atoms. The van der Waals surface area contributed by atoms with Gasteiger partial charge in [0.1, 0.15) is 5.75 Å². The first-order chi connectivity index (χ1) is 14.0. The molecule has 1 aliphatic rings. The maximum Gasteiger partial charge on any atom is 0.262 e. The van der Waals surface area contributed by atoms with Crippen LogP contribution in [0.2, 0.25) is 0 Å². The van der Waals surface area contributed by atoms with Crippen molar-refractivity contribution in [1.29, 1.82) is 0 Å². The summed E-state index contributed by atoms with van der Waals surface area (Å²) in [7, 11) is -3.85. The summed E-state index contributed by atoms with van der Waals surface area (Å²) in [6, 6.07) is 15.7. The predicted octanol–water partition coefficient (Wildman–Crippen LogP) is 3.71. The van der Waals surface area contributed by atoms with Crippen molar-refractivity contribution in [3.05, 3.63) is 76.0 Å². The second-order valence-corrected chi connectivity index (χ2v) is 9.35. The number of carbonyl (C=O) groups is 1. The Kier molecular flexibility index (Phi) is 5.40. The van der Waals surface area contributed by atoms with E-state index in [1.54, 1.807) is 6.07 Å². The summed E-state index contributed by atoms with van der Waals surface area (Å²) in [5.74, 6) is 0.140. The minimum Gasteiger partial charge on any atom is -0.482 e. The van der Waals surface area contributed by atoms with Crippen LogP contribution < -0.4 is 14.8 Å². The Hall–Kier alpha value is -2.68. The fraction of sp³-hybridized carbons (Fsp3) is 0.190. The lowest BCUT2D eigenvalue weighted by atomic mass is 10.0. The van der Waals surface area contributed by atoms with Crippen molar-refractivity contribution >= 4 is 33.0 Å². The molecule has 6 nitrogen and oxygen atoms in total. The number of benzene rings is 2. The van der Waals surface area contributed by atoms with Gasteiger partial charge in [-0.05, 0) is 47.2 Å². The Labute approximate surface area is 173 Å². The molecule has 1 unspecified atom stereocenters. The van der Waals surface area contributed by atoms with Gasteiger partial charge in [-0.1, -0.05) is 37.3 Å². The van der Waals surface area contributed by atoms with Crippen LogP contribution in [0.1, 0.15) is 29.0 Å². The summed E-state index contributed by atoms with van der Waals surface area (Å²) in [5, 5.41) is 4.56. The van der Waals surface area contributed by atoms with Crippen molar-refractivity contribution in [2.75, 3.05) is 11.9 Å². The zero-order valence-corrected chi connectivity index (χ0v) is 17.3. The van der Waals surface area contributed by atoms with Crippen LogP contribution in [0.3, 0.4) is 0 Å². The number of nitrogens with one attached hydrogen (secondary N) is 2. The van der Waals surface area contributed by atoms with Crippen molar-refractivity contribution in [3.8, 4) is 5.75 Å². The lowest BCUT2D eigenvalue weighted by molar-refractivity contribution is -0.118. The molecule has 0 fully saturated rings. The van der Waals surface area contributed by atoms with Crippen LogP contribution in [-0.4, -0.2) is 20.9 Å². The lowest BCUT2D eigenvalue weighted by Gasteiger charge is -2.21. The normalized spacial score (nSPS) is 14.6. The molecule has 150 valence electrons. The van der Waals surface area contributed by atoms with E-state index in [-0.39, 0.29) is 17.4 Å². The molecule has 1 atom stereocenters. The molecule has 0 saturated carbocycles. The van der Waals surface area contributed by atoms with E-state index in [0.29, 0.717) is 11.4 Å². The van der Waals surface area contributed by atoms with Crippen LogP contribution in [0.15, 0.2) is 64.9 Å². The van der Waals surface area contributed by atoms with E-state index in [9.17, 15) is 13.2 Å². The van der Waals surface area contributed by atoms with E-state index in [4.69, 9.17) is 4.74 Å². The number of sulfonamides is 1. The molecular weight excluding hydrogens is 408 g/mol. The summed E-state index contributed by atoms with van der Waals surface area (Å²) in [6.45, 7) is 2.00. The number of anilines is 1. The fourth-order valence-corrected chi connectivity index (χ4v) is 5.25. The molecule has 1 aliphatic heterocycles. The summed E-state index contributed by atoms with van der Waals surface area (Å²) in [4.78, 5) is 12.5. The fourth-order valence-electron chi connectivity index (χ4n) is 3.14. The van der Waals surface area contributed by atoms with Gasteiger partial charge in [0.15, 0.2) is 6.61 Å². The SMILES string of the molecule is CCc1ccc(C(NS(=O)(=O)c2ccc3c(c2)NC(=O)CO3)c2cccs2)cc1. The highest BCUT2D eigenvalue weighted by atomic mass is 32.2. The van der Waals surface area contributed by atoms with Gasteiger partial charge in [-0.25, -0.2) is 8.42 Å². The van der Waals surface area contributed by atoms with Gasteiger partial charge < -0.3 is 10.1 Å². The average Bonchev–Trinajstić information content (AvgIpc) is 3.26. The van der Waals surface area contributed by atoms with Crippen molar-refractivity contribution in [2.24, 2.45) is 0 Å². The lowest BCUT2D eigenvalue weighted by Crippen LogP contribution is -2.30. The molecule has 3 aromatic rings. The summed E-state index contributed by atoms with van der Waals surface area (Å²) in [6.07, 6.45) is 0.915. The molecule has 2 heterocycles. The third-order valence-electron chi connectivity index (χ3n) is 4.72. The number of aryl methyl sites for hydroxylation is 1. The third-order valence-corrected chi connectivity index (χ3v) is 7.07. The standard InChI is InChI=1S/C21H20N2O4S2/c1-2-14-5-7-15(8-6-14)21(19-4-3-11-28-19)23-29(25,26)16-9-10-18-17(12-16)22-20(24)13-27-18/h3-12,21,23H,2,13H2,1H3,(H,22,24). The van der Waals surface area contributed by atoms with Gasteiger partial charge in [-0.2, -0.15) is 4.72 Å². The monoisotopic (exact) mass is 428 g/mol. The molecule has 1 aromatic heterocycles. The van der Waals surface area contributed by atoms with Crippen LogP contribution in [0, 0.1) is 0 Å². The molecule has 8 heteroatoms. The first kappa shape index (κ1) is 19.6. The highest BCUT2D eigenvalue weighted by Crippen LogP contribution is 2.32. The number of carbonyl (C=O) groups excluding carboxylic acids is 1. The average molecular weight is 429 g/mol. The summed E-state index contributed by atoms with van der Waals surface area (Å²) < 4.78 is 34.4. The minimum atomic E-state index is -3.85. The maximum atomic E-state index is 13.1. The molecule has 0 spiro atoms. The zero-order valence-electron chi connectivity index (χ0n) is 15.7. The van der Waals surface area contributed by atoms with Gasteiger partial charge in [0, 0.05) is 4.88 Å². The summed E-state index contributed by atoms with van der Waals surface area (Å²) in [5.41, 5.74) is 2.40. The zero-order chi connectivity index (χ0) is 20.4. The first-order valence-corrected chi connectivity index (χ1v) is 11.5. The molecule has 2 N–H and O–H groups in total. The van der Waals surface area contributed by atoms with Crippen molar-refractivity contribution in [2.45, 2.75) is 24.3 Å². The van der Waals surface area contributed by atoms with Crippen molar-refractivity contribution in [3.63, 3.8) is 0 Å². The molecule has 4 rings (SSSR count). The molecule has 0 aliphatic carbocycles. The molecule has 1 amide bonds. The molecule has 2 aromatic carbocycles. The largest absolute Gasteiger partial charge is 0.482 e. The predicted molar refractivity (Wildman–Crippen MR) is 113 cm³/mol. The minimum absolute atomic E-state index is 0.0637. The Bertz CT molecular complexity index is 1120. The van der Waals surface area contributed by atoms with Gasteiger partial charge in [0.25, 0.3) is 5.91 Å². The van der Waals surface area contributed by atoms with Crippen molar-refractivity contribution in [1.82, 2.24) is 4.72 Å². The second kappa shape index (κ2) is 7.98. The van der Waals surface area contributed by atoms with Crippen LogP contribution in [0.4, 0.5) is 5.69 Å². The first-order valence-electron chi connectivity index (χ1n) is 9.17. The Balaban J connectivity index is 1.68. The van der Waals surface area contributed by atoms with E-state index >= 15 is 0 Å². The topological polar surface area (TPSA) is 84.5 Å². The summed E-state index contributed by atoms with van der Waals surface area (Å²) >= 11 is 1.49. The van der Waals surface area contributed by atoms with E-state index in [2.05, 4.69) is 17.0 Å². The van der Waals surface area contributed by atoms with Crippen LogP contribution in [0.5, 0.6) is 5.75 Å². The third kappa shape index (κ3) is 4.19. The van der Waals surface area contributed by atoms with Gasteiger partial charge in [-0.15, -0.1) is 11.3 Å². The number of hydrogen-bond acceptors (Lipinski definition) is 5. The van der Waals surface area contributed by atoms with Gasteiger partial charge in [-0.3, -0.25) is 4.79 Å². The van der Waals surface area contributed by atoms with E-state index in [1.807, 2.05) is 41.8 Å². The van der Waals surface area contributed by atoms with Crippen LogP contribution >= 0.6 is 11.3 Å². The highest BCUT2D eigenvalue weighted by Gasteiger charge is 2.26. The Morgan fingerprint density at radius 1 is 1.17 bits per heavy atom. The quantitative estimate of drug-likeness (QED) is 0.627. The molecule has 0 bridgehead atoms. The maximum absolute atomic E-state index is 13.1. The van der Waals surface area contributed by atoms with E-state index in [1.165, 1.54) is 29.0 Å². The molecule has 0 saturated heterocycles. The molecular formula is C21H20N2O4S2. The van der Waals surface area contributed by atoms with Gasteiger partial charge in [0.05, 0.1) is 16.6 Å². The number of amides is 1. The van der Waals surface area contributed by atoms with E-state index in [0.717, 1.165) is 16.9 Å². The number of fused-ring (bicyclic) bond motifs is 1. The van der Waals surface area contributed by atoms with Gasteiger partial charge >= 0.3 is 0 Å². The number of hydrogen-bond donors (Lipinski definition) is 2. The van der Waals surface area contributed by atoms with Crippen LogP contribution in [0.25, 0.3) is 0 Å². The Morgan fingerprint density at radius 3 is 2.66 bits per heavy atom. The number of rotatable bonds is 6. The molecule has 0 radical (unpaired) electrons. The van der Waals surface area contributed by atoms with Crippen molar-refractivity contribution < 1.29 is 17.9 Å². The van der Waals surface area contributed by atoms with Crippen LogP contribution in [-0.2, 0) is 21.2 Å². The van der Waals surface area contributed by atoms with Gasteiger partial charge in [0.2, 0.25) is 10.0 Å². The Morgan fingerprint density at radius 2 is 1.97 bits per heavy atom. The highest BCUT2D eigenvalue weighted by molar-refractivity contribution is 7.89. The smallest absolute Gasteiger partial charge is 0.262 e. The number of ether oxygens (including phenoxy) is 1. The second-order valence-electron chi connectivity index (χ2n) is 6.66. The number of thiophene rings is 1.